The molecule has 4 nitrogen and oxygen atoms in total. The first-order valence-electron chi connectivity index (χ1n) is 13.6. The molecule has 0 aromatic carbocycles. The lowest BCUT2D eigenvalue weighted by Gasteiger charge is -2.47. The maximum absolute atomic E-state index is 10.2. The van der Waals surface area contributed by atoms with Gasteiger partial charge < -0.3 is 20.4 Å². The van der Waals surface area contributed by atoms with E-state index < -0.39 is 10.8 Å². The molecule has 186 valence electrons. The second-order valence-corrected chi connectivity index (χ2v) is 10.4. The second kappa shape index (κ2) is 18.3. The Morgan fingerprint density at radius 3 is 0.613 bits per heavy atom. The van der Waals surface area contributed by atoms with Crippen molar-refractivity contribution in [3.05, 3.63) is 0 Å². The van der Waals surface area contributed by atoms with Crippen LogP contribution in [0.5, 0.6) is 0 Å². The molecule has 1 aliphatic carbocycles. The lowest BCUT2D eigenvalue weighted by molar-refractivity contribution is -0.124. The summed E-state index contributed by atoms with van der Waals surface area (Å²) in [6.45, 7) is -0.704. The predicted octanol–water partition coefficient (Wildman–Crippen LogP) is 6.13. The Morgan fingerprint density at radius 2 is 0.452 bits per heavy atom. The van der Waals surface area contributed by atoms with Gasteiger partial charge in [0.2, 0.25) is 0 Å². The Labute approximate surface area is 192 Å². The topological polar surface area (TPSA) is 80.9 Å². The zero-order chi connectivity index (χ0) is 22.7. The van der Waals surface area contributed by atoms with Gasteiger partial charge in [0.1, 0.15) is 0 Å². The molecule has 0 spiro atoms. The molecule has 1 rings (SSSR count). The molecule has 0 atom stereocenters. The van der Waals surface area contributed by atoms with Crippen molar-refractivity contribution in [2.75, 3.05) is 26.4 Å². The van der Waals surface area contributed by atoms with Gasteiger partial charge in [-0.1, -0.05) is 122 Å². The molecular weight excluding hydrogens is 388 g/mol. The van der Waals surface area contributed by atoms with Crippen molar-refractivity contribution in [3.8, 4) is 0 Å². The molecule has 4 heteroatoms. The zero-order valence-corrected chi connectivity index (χ0v) is 20.5. The van der Waals surface area contributed by atoms with E-state index in [-0.39, 0.29) is 26.4 Å². The first-order valence-corrected chi connectivity index (χ1v) is 13.6. The smallest absolute Gasteiger partial charge is 0.0516 e. The molecule has 0 heterocycles. The molecule has 1 aliphatic rings. The van der Waals surface area contributed by atoms with E-state index in [4.69, 9.17) is 0 Å². The summed E-state index contributed by atoms with van der Waals surface area (Å²) in [5, 5.41) is 41.0. The van der Waals surface area contributed by atoms with Gasteiger partial charge in [-0.05, 0) is 12.8 Å². The van der Waals surface area contributed by atoms with Gasteiger partial charge in [0.15, 0.2) is 0 Å². The van der Waals surface area contributed by atoms with E-state index in [0.717, 1.165) is 25.7 Å². The molecule has 0 bridgehead atoms. The third-order valence-electron chi connectivity index (χ3n) is 8.15. The van der Waals surface area contributed by atoms with Gasteiger partial charge in [0.05, 0.1) is 26.4 Å². The molecule has 31 heavy (non-hydrogen) atoms. The summed E-state index contributed by atoms with van der Waals surface area (Å²) in [5.41, 5.74) is -1.60. The fraction of sp³-hybridized carbons (Fsp3) is 1.00. The van der Waals surface area contributed by atoms with Crippen LogP contribution in [0, 0.1) is 10.8 Å². The average molecular weight is 443 g/mol. The minimum absolute atomic E-state index is 0.176. The largest absolute Gasteiger partial charge is 0.396 e. The summed E-state index contributed by atoms with van der Waals surface area (Å²) >= 11 is 0. The lowest BCUT2D eigenvalue weighted by atomic mass is 9.60. The highest BCUT2D eigenvalue weighted by molar-refractivity contribution is 4.97. The van der Waals surface area contributed by atoms with Crippen LogP contribution in [0.2, 0.25) is 0 Å². The molecule has 0 radical (unpaired) electrons. The van der Waals surface area contributed by atoms with Gasteiger partial charge in [-0.15, -0.1) is 0 Å². The molecular formula is C27H54O4. The van der Waals surface area contributed by atoms with E-state index in [1.165, 1.54) is 96.3 Å². The highest BCUT2D eigenvalue weighted by atomic mass is 16.3. The van der Waals surface area contributed by atoms with Gasteiger partial charge in [0, 0.05) is 10.8 Å². The summed E-state index contributed by atoms with van der Waals surface area (Å²) in [6.07, 6.45) is 25.3. The van der Waals surface area contributed by atoms with Gasteiger partial charge in [-0.2, -0.15) is 0 Å². The summed E-state index contributed by atoms with van der Waals surface area (Å²) < 4.78 is 0. The van der Waals surface area contributed by atoms with Crippen LogP contribution in [0.1, 0.15) is 135 Å². The first kappa shape index (κ1) is 28.9. The quantitative estimate of drug-likeness (QED) is 0.422. The third kappa shape index (κ3) is 10.5. The maximum atomic E-state index is 10.2. The van der Waals surface area contributed by atoms with E-state index in [9.17, 15) is 20.4 Å². The summed E-state index contributed by atoms with van der Waals surface area (Å²) in [6, 6.07) is 0. The van der Waals surface area contributed by atoms with E-state index in [2.05, 4.69) is 0 Å². The Kier molecular flexibility index (Phi) is 17.0. The minimum Gasteiger partial charge on any atom is -0.396 e. The molecule has 0 aromatic rings. The number of aliphatic hydroxyl groups excluding tert-OH is 4. The predicted molar refractivity (Wildman–Crippen MR) is 130 cm³/mol. The maximum Gasteiger partial charge on any atom is 0.0516 e. The Bertz CT molecular complexity index is 355. The standard InChI is InChI=1S/C27H54O4/c28-22-26(23-29)20-18-16-14-12-10-8-6-4-2-1-3-5-7-9-11-13-15-17-19-21-27(26,24-30)25-31/h28-31H,1-25H2. The van der Waals surface area contributed by atoms with Crippen LogP contribution in [0.3, 0.4) is 0 Å². The normalized spacial score (nSPS) is 24.4. The first-order chi connectivity index (χ1) is 15.2. The molecule has 0 saturated heterocycles. The molecule has 4 N–H and O–H groups in total. The lowest BCUT2D eigenvalue weighted by Crippen LogP contribution is -2.52. The van der Waals surface area contributed by atoms with E-state index in [1.54, 1.807) is 0 Å². The molecule has 1 saturated carbocycles. The van der Waals surface area contributed by atoms with Gasteiger partial charge >= 0.3 is 0 Å². The van der Waals surface area contributed by atoms with E-state index >= 15 is 0 Å². The average Bonchev–Trinajstić information content (AvgIpc) is 2.80. The molecule has 1 fully saturated rings. The molecule has 0 unspecified atom stereocenters. The Hall–Kier alpha value is -0.160. The van der Waals surface area contributed by atoms with Crippen LogP contribution >= 0.6 is 0 Å². The van der Waals surface area contributed by atoms with Crippen molar-refractivity contribution in [1.82, 2.24) is 0 Å². The summed E-state index contributed by atoms with van der Waals surface area (Å²) in [7, 11) is 0. The molecule has 0 aromatic heterocycles. The van der Waals surface area contributed by atoms with Crippen molar-refractivity contribution in [2.24, 2.45) is 10.8 Å². The SMILES string of the molecule is OCC1(CO)CCCCCCCCCCCCCCCCCCCCCC1(CO)CO. The third-order valence-corrected chi connectivity index (χ3v) is 8.15. The van der Waals surface area contributed by atoms with Crippen LogP contribution in [-0.4, -0.2) is 46.9 Å². The van der Waals surface area contributed by atoms with Crippen LogP contribution in [0.4, 0.5) is 0 Å². The van der Waals surface area contributed by atoms with Gasteiger partial charge in [0.25, 0.3) is 0 Å². The summed E-state index contributed by atoms with van der Waals surface area (Å²) in [4.78, 5) is 0. The monoisotopic (exact) mass is 442 g/mol. The fourth-order valence-corrected chi connectivity index (χ4v) is 5.55. The fourth-order valence-electron chi connectivity index (χ4n) is 5.55. The number of hydrogen-bond acceptors (Lipinski definition) is 4. The van der Waals surface area contributed by atoms with Crippen molar-refractivity contribution >= 4 is 0 Å². The Balaban J connectivity index is 2.63. The van der Waals surface area contributed by atoms with Crippen molar-refractivity contribution in [1.29, 1.82) is 0 Å². The summed E-state index contributed by atoms with van der Waals surface area (Å²) in [5.74, 6) is 0. The van der Waals surface area contributed by atoms with Crippen LogP contribution in [0.15, 0.2) is 0 Å². The van der Waals surface area contributed by atoms with Crippen LogP contribution in [0.25, 0.3) is 0 Å². The second-order valence-electron chi connectivity index (χ2n) is 10.4. The Morgan fingerprint density at radius 1 is 0.290 bits per heavy atom. The van der Waals surface area contributed by atoms with E-state index in [0.29, 0.717) is 12.8 Å². The molecule has 0 amide bonds. The number of aliphatic hydroxyl groups is 4. The zero-order valence-electron chi connectivity index (χ0n) is 20.5. The van der Waals surface area contributed by atoms with Gasteiger partial charge in [-0.3, -0.25) is 0 Å². The molecule has 0 aliphatic heterocycles. The minimum atomic E-state index is -0.800. The van der Waals surface area contributed by atoms with Crippen LogP contribution < -0.4 is 0 Å². The number of rotatable bonds is 4. The highest BCUT2D eigenvalue weighted by Crippen LogP contribution is 2.46. The van der Waals surface area contributed by atoms with Crippen molar-refractivity contribution < 1.29 is 20.4 Å². The van der Waals surface area contributed by atoms with Crippen LogP contribution in [-0.2, 0) is 0 Å². The highest BCUT2D eigenvalue weighted by Gasteiger charge is 2.49. The number of hydrogen-bond donors (Lipinski definition) is 4. The van der Waals surface area contributed by atoms with E-state index in [1.807, 2.05) is 0 Å². The van der Waals surface area contributed by atoms with Crippen molar-refractivity contribution in [3.63, 3.8) is 0 Å². The van der Waals surface area contributed by atoms with Gasteiger partial charge in [-0.25, -0.2) is 0 Å². The van der Waals surface area contributed by atoms with Crippen molar-refractivity contribution in [2.45, 2.75) is 135 Å².